The van der Waals surface area contributed by atoms with Crippen LogP contribution in [0.4, 0.5) is 15.3 Å². The molecule has 164 valence electrons. The monoisotopic (exact) mass is 413 g/mol. The fourth-order valence-corrected chi connectivity index (χ4v) is 3.65. The first kappa shape index (κ1) is 23.6. The number of rotatable bonds is 2. The number of carbonyl (C=O) groups excluding carboxylic acids is 2. The fourth-order valence-electron chi connectivity index (χ4n) is 3.65. The number of hydrogen-bond donors (Lipinski definition) is 2. The Morgan fingerprint density at radius 2 is 1.60 bits per heavy atom. The first-order chi connectivity index (χ1) is 14.3. The lowest BCUT2D eigenvalue weighted by molar-refractivity contribution is 0.0317. The van der Waals surface area contributed by atoms with E-state index in [-0.39, 0.29) is 6.04 Å². The van der Waals surface area contributed by atoms with E-state index in [0.717, 1.165) is 38.5 Å². The van der Waals surface area contributed by atoms with E-state index < -0.39 is 17.7 Å². The van der Waals surface area contributed by atoms with Crippen molar-refractivity contribution in [2.75, 3.05) is 5.32 Å². The Balaban J connectivity index is 2.20. The number of hydrogen-bond acceptors (Lipinski definition) is 3. The van der Waals surface area contributed by atoms with Crippen LogP contribution in [0.5, 0.6) is 0 Å². The van der Waals surface area contributed by atoms with E-state index in [2.05, 4.69) is 16.7 Å². The van der Waals surface area contributed by atoms with E-state index in [1.807, 2.05) is 12.1 Å². The van der Waals surface area contributed by atoms with E-state index in [1.54, 1.807) is 32.9 Å². The second-order valence-corrected chi connectivity index (χ2v) is 8.81. The number of hydrazine groups is 1. The number of carbonyl (C=O) groups is 2. The highest BCUT2D eigenvalue weighted by atomic mass is 16.6. The molecular formula is C24H35N3O3. The zero-order valence-corrected chi connectivity index (χ0v) is 18.5. The molecule has 0 unspecified atom stereocenters. The minimum absolute atomic E-state index is 0.103. The third-order valence-corrected chi connectivity index (χ3v) is 5.09. The van der Waals surface area contributed by atoms with E-state index in [0.29, 0.717) is 11.3 Å². The molecular weight excluding hydrogens is 378 g/mol. The number of amides is 3. The zero-order chi connectivity index (χ0) is 22.0. The summed E-state index contributed by atoms with van der Waals surface area (Å²) in [7, 11) is 0. The number of para-hydroxylation sites is 1. The molecule has 0 aliphatic heterocycles. The van der Waals surface area contributed by atoms with Crippen molar-refractivity contribution >= 4 is 17.8 Å². The Kier molecular flexibility index (Phi) is 9.04. The molecule has 1 aliphatic rings. The molecule has 6 heteroatoms. The first-order valence-electron chi connectivity index (χ1n) is 11.0. The summed E-state index contributed by atoms with van der Waals surface area (Å²) < 4.78 is 5.40. The van der Waals surface area contributed by atoms with Gasteiger partial charge in [-0.1, -0.05) is 63.0 Å². The Bertz CT molecular complexity index is 739. The van der Waals surface area contributed by atoms with Crippen LogP contribution in [0.1, 0.15) is 84.1 Å². The van der Waals surface area contributed by atoms with Gasteiger partial charge in [-0.2, -0.15) is 0 Å². The molecule has 1 fully saturated rings. The predicted molar refractivity (Wildman–Crippen MR) is 120 cm³/mol. The maximum absolute atomic E-state index is 13.2. The molecule has 0 saturated heterocycles. The van der Waals surface area contributed by atoms with Crippen molar-refractivity contribution in [2.45, 2.75) is 90.2 Å². The summed E-state index contributed by atoms with van der Waals surface area (Å²) in [6.07, 6.45) is 14.6. The molecule has 0 bridgehead atoms. The molecule has 0 spiro atoms. The normalized spacial score (nSPS) is 16.1. The second kappa shape index (κ2) is 11.5. The van der Waals surface area contributed by atoms with E-state index in [1.165, 1.54) is 24.3 Å². The van der Waals surface area contributed by atoms with Crippen molar-refractivity contribution in [1.29, 1.82) is 0 Å². The van der Waals surface area contributed by atoms with Crippen molar-refractivity contribution < 1.29 is 14.3 Å². The Morgan fingerprint density at radius 3 is 2.17 bits per heavy atom. The van der Waals surface area contributed by atoms with Crippen LogP contribution in [0.15, 0.2) is 24.3 Å². The molecule has 1 aromatic carbocycles. The quantitative estimate of drug-likeness (QED) is 0.473. The number of terminal acetylenes is 1. The molecule has 0 radical (unpaired) electrons. The average Bonchev–Trinajstić information content (AvgIpc) is 2.69. The maximum atomic E-state index is 13.2. The lowest BCUT2D eigenvalue weighted by Gasteiger charge is -2.33. The predicted octanol–water partition coefficient (Wildman–Crippen LogP) is 5.83. The molecule has 1 saturated carbocycles. The van der Waals surface area contributed by atoms with Crippen LogP contribution in [0.25, 0.3) is 0 Å². The smallest absolute Gasteiger partial charge is 0.426 e. The fraction of sp³-hybridized carbons (Fsp3) is 0.583. The van der Waals surface area contributed by atoms with Crippen LogP contribution in [0.3, 0.4) is 0 Å². The van der Waals surface area contributed by atoms with Crippen molar-refractivity contribution in [2.24, 2.45) is 0 Å². The first-order valence-corrected chi connectivity index (χ1v) is 11.0. The van der Waals surface area contributed by atoms with E-state index >= 15 is 0 Å². The van der Waals surface area contributed by atoms with Gasteiger partial charge in [-0.05, 0) is 45.7 Å². The lowest BCUT2D eigenvalue weighted by Crippen LogP contribution is -2.54. The summed E-state index contributed by atoms with van der Waals surface area (Å²) >= 11 is 0. The minimum atomic E-state index is -0.654. The number of urea groups is 1. The molecule has 2 N–H and O–H groups in total. The molecule has 1 aromatic rings. The second-order valence-electron chi connectivity index (χ2n) is 8.81. The standard InChI is InChI=1S/C24H35N3O3/c1-5-19-15-13-14-18-21(19)25-22(28)27(26-23(29)30-24(2,3)4)20-16-11-9-7-6-8-10-12-17-20/h1,13-15,18,20H,6-12,16-17H2,2-4H3,(H,25,28)(H,26,29). The van der Waals surface area contributed by atoms with Crippen LogP contribution in [0, 0.1) is 12.3 Å². The molecule has 0 atom stereocenters. The van der Waals surface area contributed by atoms with Gasteiger partial charge in [0.1, 0.15) is 5.60 Å². The van der Waals surface area contributed by atoms with Gasteiger partial charge in [0, 0.05) is 5.56 Å². The summed E-state index contributed by atoms with van der Waals surface area (Å²) in [4.78, 5) is 25.7. The zero-order valence-electron chi connectivity index (χ0n) is 18.5. The van der Waals surface area contributed by atoms with Gasteiger partial charge in [-0.25, -0.2) is 20.0 Å². The van der Waals surface area contributed by atoms with Crippen molar-refractivity contribution in [3.8, 4) is 12.3 Å². The SMILES string of the molecule is C#Cc1ccccc1NC(=O)N(NC(=O)OC(C)(C)C)C1CCCCCCCCC1. The van der Waals surface area contributed by atoms with Crippen LogP contribution in [0.2, 0.25) is 0 Å². The highest BCUT2D eigenvalue weighted by Gasteiger charge is 2.28. The summed E-state index contributed by atoms with van der Waals surface area (Å²) in [5.41, 5.74) is 3.17. The summed E-state index contributed by atoms with van der Waals surface area (Å²) in [5.74, 6) is 2.58. The van der Waals surface area contributed by atoms with Gasteiger partial charge in [-0.3, -0.25) is 0 Å². The molecule has 3 amide bonds. The van der Waals surface area contributed by atoms with Gasteiger partial charge in [0.05, 0.1) is 11.7 Å². The van der Waals surface area contributed by atoms with Crippen LogP contribution < -0.4 is 10.7 Å². The number of nitrogens with one attached hydrogen (secondary N) is 2. The molecule has 0 heterocycles. The number of benzene rings is 1. The van der Waals surface area contributed by atoms with Gasteiger partial charge >= 0.3 is 12.1 Å². The number of anilines is 1. The maximum Gasteiger partial charge on any atom is 0.426 e. The lowest BCUT2D eigenvalue weighted by atomic mass is 9.97. The summed E-state index contributed by atoms with van der Waals surface area (Å²) in [6.45, 7) is 5.39. The largest absolute Gasteiger partial charge is 0.443 e. The van der Waals surface area contributed by atoms with Crippen LogP contribution >= 0.6 is 0 Å². The third-order valence-electron chi connectivity index (χ3n) is 5.09. The Morgan fingerprint density at radius 1 is 1.03 bits per heavy atom. The van der Waals surface area contributed by atoms with Crippen LogP contribution in [-0.2, 0) is 4.74 Å². The van der Waals surface area contributed by atoms with Gasteiger partial charge in [0.15, 0.2) is 0 Å². The van der Waals surface area contributed by atoms with Gasteiger partial charge in [-0.15, -0.1) is 6.42 Å². The highest BCUT2D eigenvalue weighted by molar-refractivity contribution is 5.92. The average molecular weight is 414 g/mol. The van der Waals surface area contributed by atoms with Gasteiger partial charge in [0.2, 0.25) is 0 Å². The van der Waals surface area contributed by atoms with Crippen molar-refractivity contribution in [3.05, 3.63) is 29.8 Å². The summed E-state index contributed by atoms with van der Waals surface area (Å²) in [6, 6.07) is 6.64. The van der Waals surface area contributed by atoms with Gasteiger partial charge < -0.3 is 10.1 Å². The highest BCUT2D eigenvalue weighted by Crippen LogP contribution is 2.22. The van der Waals surface area contributed by atoms with E-state index in [4.69, 9.17) is 11.2 Å². The van der Waals surface area contributed by atoms with E-state index in [9.17, 15) is 9.59 Å². The number of ether oxygens (including phenoxy) is 1. The van der Waals surface area contributed by atoms with Crippen LogP contribution in [-0.4, -0.2) is 28.8 Å². The minimum Gasteiger partial charge on any atom is -0.443 e. The Labute approximate surface area is 180 Å². The third kappa shape index (κ3) is 7.98. The molecule has 2 rings (SSSR count). The molecule has 30 heavy (non-hydrogen) atoms. The van der Waals surface area contributed by atoms with Crippen molar-refractivity contribution in [3.63, 3.8) is 0 Å². The molecule has 1 aliphatic carbocycles. The summed E-state index contributed by atoms with van der Waals surface area (Å²) in [5, 5.41) is 4.27. The number of nitrogens with zero attached hydrogens (tertiary/aromatic N) is 1. The molecule has 6 nitrogen and oxygen atoms in total. The Hall–Kier alpha value is -2.68. The molecule has 0 aromatic heterocycles. The topological polar surface area (TPSA) is 70.7 Å². The van der Waals surface area contributed by atoms with Gasteiger partial charge in [0.25, 0.3) is 0 Å². The van der Waals surface area contributed by atoms with Crippen molar-refractivity contribution in [1.82, 2.24) is 10.4 Å².